The number of nitrogens with one attached hydrogen (secondary N) is 2. The quantitative estimate of drug-likeness (QED) is 0.371. The average Bonchev–Trinajstić information content (AvgIpc) is 2.89. The number of hydrogen-bond donors (Lipinski definition) is 3. The second-order valence-corrected chi connectivity index (χ2v) is 7.87. The zero-order chi connectivity index (χ0) is 25.7. The van der Waals surface area contributed by atoms with Crippen molar-refractivity contribution in [2.45, 2.75) is 0 Å². The number of hydrogen-bond acceptors (Lipinski definition) is 5. The molecule has 9 nitrogen and oxygen atoms in total. The van der Waals surface area contributed by atoms with Crippen LogP contribution in [0.2, 0.25) is 0 Å². The summed E-state index contributed by atoms with van der Waals surface area (Å²) in [5, 5.41) is 18.2. The highest BCUT2D eigenvalue weighted by atomic mass is 16.4. The fraction of sp³-hybridized carbons (Fsp3) is 0.0741. The van der Waals surface area contributed by atoms with Gasteiger partial charge in [0.05, 0.1) is 5.69 Å². The second-order valence-electron chi connectivity index (χ2n) is 7.87. The lowest BCUT2D eigenvalue weighted by Crippen LogP contribution is -2.31. The van der Waals surface area contributed by atoms with Gasteiger partial charge in [-0.25, -0.2) is 4.68 Å². The van der Waals surface area contributed by atoms with Gasteiger partial charge in [0.1, 0.15) is 12.1 Å². The third kappa shape index (κ3) is 5.20. The fourth-order valence-corrected chi connectivity index (χ4v) is 3.68. The van der Waals surface area contributed by atoms with E-state index in [1.807, 2.05) is 60.7 Å². The largest absolute Gasteiger partial charge is 0.480 e. The van der Waals surface area contributed by atoms with Gasteiger partial charge in [-0.05, 0) is 29.8 Å². The number of aryl methyl sites for hydroxylation is 1. The highest BCUT2D eigenvalue weighted by Crippen LogP contribution is 2.32. The SMILES string of the molecule is Cn1nc(-c2ccccc2)c(-c2ccccc2)c(C(=O)Nc2ccc(C(=O)NCC(=O)O)cc2)c1=O. The number of benzene rings is 3. The number of nitrogens with zero attached hydrogens (tertiary/aromatic N) is 2. The van der Waals surface area contributed by atoms with E-state index >= 15 is 0 Å². The molecule has 2 amide bonds. The van der Waals surface area contributed by atoms with Crippen molar-refractivity contribution in [2.24, 2.45) is 7.05 Å². The highest BCUT2D eigenvalue weighted by Gasteiger charge is 2.24. The molecule has 0 saturated heterocycles. The predicted octanol–water partition coefficient (Wildman–Crippen LogP) is 3.18. The van der Waals surface area contributed by atoms with Crippen molar-refractivity contribution < 1.29 is 19.5 Å². The Labute approximate surface area is 206 Å². The monoisotopic (exact) mass is 482 g/mol. The Kier molecular flexibility index (Phi) is 7.01. The van der Waals surface area contributed by atoms with Crippen LogP contribution in [-0.4, -0.2) is 39.2 Å². The molecule has 0 fully saturated rings. The van der Waals surface area contributed by atoms with Gasteiger partial charge < -0.3 is 15.7 Å². The summed E-state index contributed by atoms with van der Waals surface area (Å²) in [7, 11) is 1.49. The fourth-order valence-electron chi connectivity index (χ4n) is 3.68. The molecule has 0 saturated carbocycles. The Bertz CT molecular complexity index is 1480. The van der Waals surface area contributed by atoms with E-state index in [-0.39, 0.29) is 11.1 Å². The van der Waals surface area contributed by atoms with E-state index < -0.39 is 29.9 Å². The minimum absolute atomic E-state index is 0.0687. The lowest BCUT2D eigenvalue weighted by atomic mass is 9.95. The number of aromatic nitrogens is 2. The van der Waals surface area contributed by atoms with Gasteiger partial charge in [0.2, 0.25) is 0 Å². The summed E-state index contributed by atoms with van der Waals surface area (Å²) in [4.78, 5) is 49.3. The first-order valence-corrected chi connectivity index (χ1v) is 11.0. The molecule has 0 unspecified atom stereocenters. The smallest absolute Gasteiger partial charge is 0.322 e. The van der Waals surface area contributed by atoms with Crippen molar-refractivity contribution in [3.63, 3.8) is 0 Å². The Morgan fingerprint density at radius 1 is 0.833 bits per heavy atom. The van der Waals surface area contributed by atoms with Crippen molar-refractivity contribution in [3.8, 4) is 22.4 Å². The maximum absolute atomic E-state index is 13.5. The van der Waals surface area contributed by atoms with Gasteiger partial charge in [0, 0.05) is 29.4 Å². The molecule has 4 aromatic rings. The van der Waals surface area contributed by atoms with E-state index in [4.69, 9.17) is 5.11 Å². The molecule has 180 valence electrons. The van der Waals surface area contributed by atoms with Gasteiger partial charge in [0.15, 0.2) is 0 Å². The van der Waals surface area contributed by atoms with Crippen LogP contribution >= 0.6 is 0 Å². The van der Waals surface area contributed by atoms with Crippen LogP contribution < -0.4 is 16.2 Å². The third-order valence-electron chi connectivity index (χ3n) is 5.39. The van der Waals surface area contributed by atoms with E-state index in [1.54, 1.807) is 0 Å². The minimum Gasteiger partial charge on any atom is -0.480 e. The predicted molar refractivity (Wildman–Crippen MR) is 135 cm³/mol. The summed E-state index contributed by atoms with van der Waals surface area (Å²) < 4.78 is 1.14. The lowest BCUT2D eigenvalue weighted by molar-refractivity contribution is -0.135. The van der Waals surface area contributed by atoms with Crippen LogP contribution in [0.5, 0.6) is 0 Å². The molecule has 3 aromatic carbocycles. The number of carboxylic acids is 1. The maximum Gasteiger partial charge on any atom is 0.322 e. The van der Waals surface area contributed by atoms with E-state index in [1.165, 1.54) is 31.3 Å². The summed E-state index contributed by atoms with van der Waals surface area (Å²) in [6.45, 7) is -0.505. The molecule has 3 N–H and O–H groups in total. The van der Waals surface area contributed by atoms with Gasteiger partial charge in [-0.1, -0.05) is 60.7 Å². The molecule has 9 heteroatoms. The van der Waals surface area contributed by atoms with Gasteiger partial charge >= 0.3 is 5.97 Å². The Balaban J connectivity index is 1.74. The van der Waals surface area contributed by atoms with Crippen molar-refractivity contribution >= 4 is 23.5 Å². The summed E-state index contributed by atoms with van der Waals surface area (Å²) in [5.41, 5.74) is 2.26. The van der Waals surface area contributed by atoms with Crippen LogP contribution in [0.15, 0.2) is 89.7 Å². The molecule has 1 heterocycles. The Morgan fingerprint density at radius 2 is 1.42 bits per heavy atom. The maximum atomic E-state index is 13.5. The molecule has 0 spiro atoms. The zero-order valence-corrected chi connectivity index (χ0v) is 19.3. The minimum atomic E-state index is -1.16. The number of carboxylic acid groups (broad SMARTS) is 1. The summed E-state index contributed by atoms with van der Waals surface area (Å²) >= 11 is 0. The standard InChI is InChI=1S/C27H22N4O5/c1-31-27(36)23(26(35)29-20-14-12-19(13-15-20)25(34)28-16-21(32)33)22(17-8-4-2-5-9-17)24(30-31)18-10-6-3-7-11-18/h2-15H,16H2,1H3,(H,28,34)(H,29,35)(H,32,33). The molecule has 36 heavy (non-hydrogen) atoms. The van der Waals surface area contributed by atoms with Crippen LogP contribution in [0.4, 0.5) is 5.69 Å². The molecule has 4 rings (SSSR count). The summed E-state index contributed by atoms with van der Waals surface area (Å²) in [5.74, 6) is -2.34. The van der Waals surface area contributed by atoms with Crippen LogP contribution in [0.1, 0.15) is 20.7 Å². The normalized spacial score (nSPS) is 10.5. The van der Waals surface area contributed by atoms with E-state index in [9.17, 15) is 19.2 Å². The summed E-state index contributed by atoms with van der Waals surface area (Å²) in [6, 6.07) is 24.3. The van der Waals surface area contributed by atoms with Crippen molar-refractivity contribution in [2.75, 3.05) is 11.9 Å². The van der Waals surface area contributed by atoms with Crippen LogP contribution in [0, 0.1) is 0 Å². The van der Waals surface area contributed by atoms with E-state index in [2.05, 4.69) is 15.7 Å². The first-order valence-electron chi connectivity index (χ1n) is 11.0. The summed E-state index contributed by atoms with van der Waals surface area (Å²) in [6.07, 6.45) is 0. The zero-order valence-electron chi connectivity index (χ0n) is 19.3. The van der Waals surface area contributed by atoms with Gasteiger partial charge in [-0.2, -0.15) is 5.10 Å². The molecular weight excluding hydrogens is 460 g/mol. The molecule has 0 atom stereocenters. The van der Waals surface area contributed by atoms with Crippen molar-refractivity contribution in [3.05, 3.63) is 106 Å². The van der Waals surface area contributed by atoms with Gasteiger partial charge in [0.25, 0.3) is 17.4 Å². The third-order valence-corrected chi connectivity index (χ3v) is 5.39. The van der Waals surface area contributed by atoms with Crippen LogP contribution in [0.3, 0.4) is 0 Å². The molecule has 0 bridgehead atoms. The number of anilines is 1. The lowest BCUT2D eigenvalue weighted by Gasteiger charge is -2.16. The molecule has 0 radical (unpaired) electrons. The van der Waals surface area contributed by atoms with Crippen LogP contribution in [0.25, 0.3) is 22.4 Å². The number of carbonyl (C=O) groups excluding carboxylic acids is 2. The average molecular weight is 482 g/mol. The highest BCUT2D eigenvalue weighted by molar-refractivity contribution is 6.10. The number of aliphatic carboxylic acids is 1. The first-order chi connectivity index (χ1) is 17.3. The van der Waals surface area contributed by atoms with Crippen molar-refractivity contribution in [1.29, 1.82) is 0 Å². The number of rotatable bonds is 7. The van der Waals surface area contributed by atoms with Crippen LogP contribution in [-0.2, 0) is 11.8 Å². The molecule has 1 aromatic heterocycles. The van der Waals surface area contributed by atoms with E-state index in [0.717, 1.165) is 10.2 Å². The molecule has 0 aliphatic rings. The second kappa shape index (κ2) is 10.5. The number of amides is 2. The molecule has 0 aliphatic heterocycles. The van der Waals surface area contributed by atoms with Crippen molar-refractivity contribution in [1.82, 2.24) is 15.1 Å². The Morgan fingerprint density at radius 3 is 2.00 bits per heavy atom. The molecule has 0 aliphatic carbocycles. The number of carbonyl (C=O) groups is 3. The van der Waals surface area contributed by atoms with Gasteiger partial charge in [-0.15, -0.1) is 0 Å². The van der Waals surface area contributed by atoms with Gasteiger partial charge in [-0.3, -0.25) is 19.2 Å². The topological polar surface area (TPSA) is 130 Å². The van der Waals surface area contributed by atoms with E-state index in [0.29, 0.717) is 22.5 Å². The Hall–Kier alpha value is -5.05. The first kappa shape index (κ1) is 24.1. The molecular formula is C27H22N4O5.